The van der Waals surface area contributed by atoms with Crippen molar-refractivity contribution in [2.45, 2.75) is 74.3 Å². The van der Waals surface area contributed by atoms with Crippen molar-refractivity contribution in [1.82, 2.24) is 26.0 Å². The second-order valence-electron chi connectivity index (χ2n) is 8.25. The summed E-state index contributed by atoms with van der Waals surface area (Å²) in [6.45, 7) is 2.14. The standard InChI is InChI=1S/C18H31N5O7S/c1-9-6-17(26,8-21-7-10-22-4-5-31-10)18(27)16(28-9)29-15-13(25)11(19-2)12(24)14(20-3)23(15)30-18/h4-5,9,11-16,19-21,24-27H,6-8H2,1-3H3. The number of aromatic nitrogens is 1. The van der Waals surface area contributed by atoms with E-state index in [1.807, 2.05) is 5.38 Å². The number of rotatable bonds is 6. The number of hydrogen-bond acceptors (Lipinski definition) is 13. The van der Waals surface area contributed by atoms with Crippen molar-refractivity contribution in [1.29, 1.82) is 0 Å². The number of likely N-dealkylation sites (N-methyl/N-ethyl adjacent to an activating group) is 2. The van der Waals surface area contributed by atoms with Crippen molar-refractivity contribution in [3.05, 3.63) is 16.6 Å². The molecule has 0 spiro atoms. The first kappa shape index (κ1) is 23.4. The van der Waals surface area contributed by atoms with E-state index in [1.165, 1.54) is 11.3 Å². The van der Waals surface area contributed by atoms with Gasteiger partial charge in [0, 0.05) is 31.1 Å². The number of nitrogens with one attached hydrogen (secondary N) is 3. The molecule has 31 heavy (non-hydrogen) atoms. The maximum atomic E-state index is 11.5. The molecule has 0 radical (unpaired) electrons. The van der Waals surface area contributed by atoms with E-state index < -0.39 is 54.4 Å². The van der Waals surface area contributed by atoms with Crippen molar-refractivity contribution in [3.8, 4) is 0 Å². The molecule has 0 saturated carbocycles. The molecule has 0 aliphatic carbocycles. The Morgan fingerprint density at radius 2 is 2.00 bits per heavy atom. The molecule has 1 aromatic rings. The zero-order valence-electron chi connectivity index (χ0n) is 17.6. The molecule has 3 aliphatic rings. The van der Waals surface area contributed by atoms with Gasteiger partial charge in [-0.15, -0.1) is 16.4 Å². The third-order valence-electron chi connectivity index (χ3n) is 6.16. The molecule has 176 valence electrons. The zero-order valence-corrected chi connectivity index (χ0v) is 18.5. The third-order valence-corrected chi connectivity index (χ3v) is 6.94. The SMILES string of the molecule is CNC1C(O)C(NC)N2OC3(O)C(OC(C)CC3(O)CNCc3nccs3)OC2C1O. The van der Waals surface area contributed by atoms with Gasteiger partial charge in [0.25, 0.3) is 5.79 Å². The number of aliphatic hydroxyl groups excluding tert-OH is 2. The van der Waals surface area contributed by atoms with Crippen LogP contribution in [0, 0.1) is 0 Å². The summed E-state index contributed by atoms with van der Waals surface area (Å²) in [5.74, 6) is -2.28. The summed E-state index contributed by atoms with van der Waals surface area (Å²) >= 11 is 1.48. The highest BCUT2D eigenvalue weighted by Crippen LogP contribution is 2.45. The smallest absolute Gasteiger partial charge is 0.267 e. The van der Waals surface area contributed by atoms with E-state index >= 15 is 0 Å². The zero-order chi connectivity index (χ0) is 22.4. The van der Waals surface area contributed by atoms with Gasteiger partial charge >= 0.3 is 0 Å². The number of thiazole rings is 1. The van der Waals surface area contributed by atoms with Crippen LogP contribution in [0.25, 0.3) is 0 Å². The number of fused-ring (bicyclic) bond motifs is 2. The molecule has 4 rings (SSSR count). The molecule has 0 bridgehead atoms. The molecule has 4 heterocycles. The summed E-state index contributed by atoms with van der Waals surface area (Å²) in [7, 11) is 3.22. The first-order chi connectivity index (χ1) is 14.7. The quantitative estimate of drug-likeness (QED) is 0.234. The monoisotopic (exact) mass is 461 g/mol. The summed E-state index contributed by atoms with van der Waals surface area (Å²) in [5.41, 5.74) is -1.79. The van der Waals surface area contributed by atoms with Gasteiger partial charge in [0.15, 0.2) is 6.23 Å². The van der Waals surface area contributed by atoms with Crippen molar-refractivity contribution in [2.75, 3.05) is 20.6 Å². The Morgan fingerprint density at radius 1 is 1.23 bits per heavy atom. The number of piperidine rings is 1. The minimum Gasteiger partial charge on any atom is -0.388 e. The molecule has 1 aromatic heterocycles. The molecular weight excluding hydrogens is 430 g/mol. The maximum Gasteiger partial charge on any atom is 0.267 e. The number of hydroxylamine groups is 2. The van der Waals surface area contributed by atoms with E-state index in [9.17, 15) is 20.4 Å². The van der Waals surface area contributed by atoms with Crippen LogP contribution in [0.2, 0.25) is 0 Å². The van der Waals surface area contributed by atoms with Gasteiger partial charge in [-0.2, -0.15) is 0 Å². The molecule has 3 saturated heterocycles. The van der Waals surface area contributed by atoms with Crippen LogP contribution in [0.3, 0.4) is 0 Å². The highest BCUT2D eigenvalue weighted by molar-refractivity contribution is 7.09. The summed E-state index contributed by atoms with van der Waals surface area (Å²) in [5, 5.41) is 57.2. The number of nitrogens with zero attached hydrogens (tertiary/aromatic N) is 2. The van der Waals surface area contributed by atoms with Gasteiger partial charge in [-0.1, -0.05) is 0 Å². The normalized spacial score (nSPS) is 45.8. The summed E-state index contributed by atoms with van der Waals surface area (Å²) in [6.07, 6.45) is -4.21. The average molecular weight is 462 g/mol. The third kappa shape index (κ3) is 3.92. The topological polar surface area (TPSA) is 161 Å². The maximum absolute atomic E-state index is 11.5. The summed E-state index contributed by atoms with van der Waals surface area (Å²) < 4.78 is 11.7. The Bertz CT molecular complexity index is 747. The van der Waals surface area contributed by atoms with Gasteiger partial charge in [0.05, 0.1) is 12.1 Å². The van der Waals surface area contributed by atoms with Crippen molar-refractivity contribution in [2.24, 2.45) is 0 Å². The largest absolute Gasteiger partial charge is 0.388 e. The average Bonchev–Trinajstić information content (AvgIpc) is 3.22. The molecule has 0 aromatic carbocycles. The van der Waals surface area contributed by atoms with Gasteiger partial charge < -0.3 is 45.9 Å². The predicted octanol–water partition coefficient (Wildman–Crippen LogP) is -2.75. The highest BCUT2D eigenvalue weighted by Gasteiger charge is 2.68. The van der Waals surface area contributed by atoms with Crippen molar-refractivity contribution >= 4 is 11.3 Å². The molecule has 7 N–H and O–H groups in total. The molecule has 3 aliphatic heterocycles. The number of hydrogen-bond donors (Lipinski definition) is 7. The van der Waals surface area contributed by atoms with Crippen molar-refractivity contribution < 1.29 is 34.7 Å². The van der Waals surface area contributed by atoms with E-state index in [2.05, 4.69) is 20.9 Å². The fourth-order valence-electron chi connectivity index (χ4n) is 4.57. The van der Waals surface area contributed by atoms with Crippen LogP contribution in [0.1, 0.15) is 18.4 Å². The Hall–Kier alpha value is -0.810. The molecule has 9 atom stereocenters. The van der Waals surface area contributed by atoms with Gasteiger partial charge in [0.2, 0.25) is 6.29 Å². The highest BCUT2D eigenvalue weighted by atomic mass is 32.1. The van der Waals surface area contributed by atoms with Crippen LogP contribution in [0.5, 0.6) is 0 Å². The Morgan fingerprint density at radius 3 is 2.65 bits per heavy atom. The molecule has 9 unspecified atom stereocenters. The van der Waals surface area contributed by atoms with Crippen LogP contribution < -0.4 is 16.0 Å². The van der Waals surface area contributed by atoms with E-state index in [-0.39, 0.29) is 13.0 Å². The molecule has 13 heteroatoms. The predicted molar refractivity (Wildman–Crippen MR) is 108 cm³/mol. The van der Waals surface area contributed by atoms with Gasteiger partial charge in [-0.05, 0) is 21.0 Å². The fourth-order valence-corrected chi connectivity index (χ4v) is 5.16. The van der Waals surface area contributed by atoms with Crippen LogP contribution in [0.4, 0.5) is 0 Å². The number of ether oxygens (including phenoxy) is 2. The van der Waals surface area contributed by atoms with Gasteiger partial charge in [-0.25, -0.2) is 4.98 Å². The van der Waals surface area contributed by atoms with Gasteiger partial charge in [0.1, 0.15) is 29.0 Å². The summed E-state index contributed by atoms with van der Waals surface area (Å²) in [4.78, 5) is 10.1. The molecule has 0 amide bonds. The van der Waals surface area contributed by atoms with Crippen LogP contribution in [-0.2, 0) is 20.9 Å². The van der Waals surface area contributed by atoms with Crippen LogP contribution in [-0.4, -0.2) is 106 Å². The van der Waals surface area contributed by atoms with Crippen LogP contribution >= 0.6 is 11.3 Å². The minimum atomic E-state index is -2.28. The molecule has 3 fully saturated rings. The van der Waals surface area contributed by atoms with Gasteiger partial charge in [-0.3, -0.25) is 4.84 Å². The van der Waals surface area contributed by atoms with E-state index in [4.69, 9.17) is 14.3 Å². The molecular formula is C18H31N5O7S. The summed E-state index contributed by atoms with van der Waals surface area (Å²) in [6, 6.07) is -0.714. The molecule has 12 nitrogen and oxygen atoms in total. The Labute approximate surface area is 184 Å². The van der Waals surface area contributed by atoms with E-state index in [0.717, 1.165) is 10.1 Å². The lowest BCUT2D eigenvalue weighted by Crippen LogP contribution is -2.82. The number of aliphatic hydroxyl groups is 4. The second kappa shape index (κ2) is 8.85. The van der Waals surface area contributed by atoms with Crippen molar-refractivity contribution in [3.63, 3.8) is 0 Å². The lowest BCUT2D eigenvalue weighted by Gasteiger charge is -2.60. The lowest BCUT2D eigenvalue weighted by molar-refractivity contribution is -0.550. The second-order valence-corrected chi connectivity index (χ2v) is 9.23. The minimum absolute atomic E-state index is 0.0242. The van der Waals surface area contributed by atoms with E-state index in [1.54, 1.807) is 27.2 Å². The lowest BCUT2D eigenvalue weighted by atomic mass is 9.83. The Kier molecular flexibility index (Phi) is 6.67. The first-order valence-corrected chi connectivity index (χ1v) is 11.1. The van der Waals surface area contributed by atoms with E-state index in [0.29, 0.717) is 6.54 Å². The first-order valence-electron chi connectivity index (χ1n) is 10.3. The Balaban J connectivity index is 1.58. The fraction of sp³-hybridized carbons (Fsp3) is 0.833. The van der Waals surface area contributed by atoms with Crippen LogP contribution in [0.15, 0.2) is 11.6 Å².